The maximum Gasteiger partial charge on any atom is 0.413 e. The van der Waals surface area contributed by atoms with E-state index in [1.165, 1.54) is 12.4 Å². The van der Waals surface area contributed by atoms with Crippen LogP contribution in [0.2, 0.25) is 0 Å². The van der Waals surface area contributed by atoms with Gasteiger partial charge in [0.25, 0.3) is 0 Å². The molecule has 0 unspecified atom stereocenters. The topological polar surface area (TPSA) is 84.3 Å². The fourth-order valence-corrected chi connectivity index (χ4v) is 1.41. The van der Waals surface area contributed by atoms with Crippen molar-refractivity contribution in [3.05, 3.63) is 54.0 Å². The smallest absolute Gasteiger partial charge is 0.413 e. The Bertz CT molecular complexity index is 546. The van der Waals surface area contributed by atoms with Crippen LogP contribution in [0.4, 0.5) is 10.6 Å². The molecule has 0 spiro atoms. The summed E-state index contributed by atoms with van der Waals surface area (Å²) < 4.78 is 5.03. The van der Waals surface area contributed by atoms with Gasteiger partial charge in [0.05, 0.1) is 24.7 Å². The van der Waals surface area contributed by atoms with Crippen molar-refractivity contribution in [1.29, 1.82) is 0 Å². The summed E-state index contributed by atoms with van der Waals surface area (Å²) in [5, 5.41) is 11.3. The van der Waals surface area contributed by atoms with E-state index >= 15 is 0 Å². The molecule has 0 saturated carbocycles. The number of aromatic nitrogens is 2. The van der Waals surface area contributed by atoms with E-state index in [-0.39, 0.29) is 19.0 Å². The average molecular weight is 259 g/mol. The molecule has 1 aromatic carbocycles. The normalized spacial score (nSPS) is 9.95. The summed E-state index contributed by atoms with van der Waals surface area (Å²) in [6.45, 7) is -0.0542. The van der Waals surface area contributed by atoms with Crippen molar-refractivity contribution < 1.29 is 14.6 Å². The lowest BCUT2D eigenvalue weighted by atomic mass is 10.2. The molecule has 98 valence electrons. The van der Waals surface area contributed by atoms with E-state index in [4.69, 9.17) is 9.84 Å². The Labute approximate surface area is 110 Å². The molecule has 1 heterocycles. The van der Waals surface area contributed by atoms with E-state index in [0.717, 1.165) is 5.56 Å². The highest BCUT2D eigenvalue weighted by Gasteiger charge is 2.05. The molecule has 0 bridgehead atoms. The Hall–Kier alpha value is -2.47. The first kappa shape index (κ1) is 13.0. The number of aliphatic hydroxyl groups is 1. The third-order valence-electron chi connectivity index (χ3n) is 2.29. The highest BCUT2D eigenvalue weighted by molar-refractivity contribution is 5.83. The van der Waals surface area contributed by atoms with Crippen LogP contribution in [0.1, 0.15) is 11.3 Å². The van der Waals surface area contributed by atoms with E-state index in [1.807, 2.05) is 30.3 Å². The molecular formula is C13H13N3O3. The van der Waals surface area contributed by atoms with Gasteiger partial charge < -0.3 is 9.84 Å². The van der Waals surface area contributed by atoms with E-state index in [2.05, 4.69) is 15.3 Å². The minimum Gasteiger partial charge on any atom is -0.444 e. The van der Waals surface area contributed by atoms with Crippen molar-refractivity contribution in [3.63, 3.8) is 0 Å². The average Bonchev–Trinajstić information content (AvgIpc) is 2.46. The zero-order valence-corrected chi connectivity index (χ0v) is 10.1. The molecule has 19 heavy (non-hydrogen) atoms. The van der Waals surface area contributed by atoms with E-state index in [1.54, 1.807) is 0 Å². The van der Waals surface area contributed by atoms with Crippen LogP contribution in [0.15, 0.2) is 42.7 Å². The van der Waals surface area contributed by atoms with Gasteiger partial charge in [-0.25, -0.2) is 9.78 Å². The van der Waals surface area contributed by atoms with Crippen molar-refractivity contribution in [1.82, 2.24) is 9.97 Å². The first-order valence-electron chi connectivity index (χ1n) is 5.67. The lowest BCUT2D eigenvalue weighted by Gasteiger charge is -2.06. The number of nitrogens with one attached hydrogen (secondary N) is 1. The summed E-state index contributed by atoms with van der Waals surface area (Å²) in [7, 11) is 0. The van der Waals surface area contributed by atoms with Gasteiger partial charge in [-0.3, -0.25) is 10.3 Å². The first-order chi connectivity index (χ1) is 9.28. The monoisotopic (exact) mass is 259 g/mol. The van der Waals surface area contributed by atoms with Crippen LogP contribution < -0.4 is 5.32 Å². The van der Waals surface area contributed by atoms with Gasteiger partial charge in [-0.05, 0) is 5.56 Å². The molecule has 0 aliphatic carbocycles. The van der Waals surface area contributed by atoms with E-state index < -0.39 is 6.09 Å². The van der Waals surface area contributed by atoms with Crippen molar-refractivity contribution in [2.75, 3.05) is 5.32 Å². The van der Waals surface area contributed by atoms with Crippen molar-refractivity contribution in [2.24, 2.45) is 0 Å². The summed E-state index contributed by atoms with van der Waals surface area (Å²) in [5.41, 5.74) is 1.27. The van der Waals surface area contributed by atoms with Gasteiger partial charge in [0.2, 0.25) is 0 Å². The van der Waals surface area contributed by atoms with Gasteiger partial charge in [0.15, 0.2) is 5.82 Å². The molecular weight excluding hydrogens is 246 g/mol. The number of carbonyl (C=O) groups is 1. The highest BCUT2D eigenvalue weighted by Crippen LogP contribution is 2.05. The van der Waals surface area contributed by atoms with Crippen molar-refractivity contribution in [3.8, 4) is 0 Å². The molecule has 2 aromatic rings. The summed E-state index contributed by atoms with van der Waals surface area (Å²) in [4.78, 5) is 19.3. The third-order valence-corrected chi connectivity index (χ3v) is 2.29. The molecule has 0 saturated heterocycles. The Balaban J connectivity index is 1.87. The summed E-state index contributed by atoms with van der Waals surface area (Å²) >= 11 is 0. The molecule has 2 N–H and O–H groups in total. The SMILES string of the molecule is O=C(Nc1cncc(CO)n1)OCc1ccccc1. The molecule has 0 radical (unpaired) electrons. The Morgan fingerprint density at radius 3 is 2.79 bits per heavy atom. The Morgan fingerprint density at radius 2 is 2.05 bits per heavy atom. The zero-order chi connectivity index (χ0) is 13.5. The van der Waals surface area contributed by atoms with Crippen LogP contribution in [0, 0.1) is 0 Å². The molecule has 0 atom stereocenters. The number of amides is 1. The largest absolute Gasteiger partial charge is 0.444 e. The number of nitrogens with zero attached hydrogens (tertiary/aromatic N) is 2. The second-order valence-corrected chi connectivity index (χ2v) is 3.74. The second-order valence-electron chi connectivity index (χ2n) is 3.74. The van der Waals surface area contributed by atoms with E-state index in [9.17, 15) is 4.79 Å². The quantitative estimate of drug-likeness (QED) is 0.873. The standard InChI is InChI=1S/C13H13N3O3/c17-8-11-6-14-7-12(15-11)16-13(18)19-9-10-4-2-1-3-5-10/h1-7,17H,8-9H2,(H,15,16,18). The van der Waals surface area contributed by atoms with Crippen LogP contribution in [0.25, 0.3) is 0 Å². The fourth-order valence-electron chi connectivity index (χ4n) is 1.41. The second kappa shape index (κ2) is 6.46. The van der Waals surface area contributed by atoms with Crippen LogP contribution in [0.5, 0.6) is 0 Å². The van der Waals surface area contributed by atoms with Gasteiger partial charge in [-0.15, -0.1) is 0 Å². The molecule has 1 amide bonds. The van der Waals surface area contributed by atoms with Gasteiger partial charge in [-0.1, -0.05) is 30.3 Å². The molecule has 0 fully saturated rings. The Kier molecular flexibility index (Phi) is 4.41. The number of rotatable bonds is 4. The predicted molar refractivity (Wildman–Crippen MR) is 68.2 cm³/mol. The molecule has 6 heteroatoms. The lowest BCUT2D eigenvalue weighted by molar-refractivity contribution is 0.155. The van der Waals surface area contributed by atoms with Gasteiger partial charge in [0.1, 0.15) is 6.61 Å². The van der Waals surface area contributed by atoms with E-state index in [0.29, 0.717) is 5.69 Å². The molecule has 1 aromatic heterocycles. The van der Waals surface area contributed by atoms with Crippen LogP contribution in [-0.2, 0) is 18.0 Å². The van der Waals surface area contributed by atoms with Crippen LogP contribution in [-0.4, -0.2) is 21.2 Å². The molecule has 0 aliphatic rings. The number of ether oxygens (including phenoxy) is 1. The number of benzene rings is 1. The van der Waals surface area contributed by atoms with Gasteiger partial charge in [-0.2, -0.15) is 0 Å². The van der Waals surface area contributed by atoms with Crippen molar-refractivity contribution in [2.45, 2.75) is 13.2 Å². The number of carbonyl (C=O) groups excluding carboxylic acids is 1. The fraction of sp³-hybridized carbons (Fsp3) is 0.154. The Morgan fingerprint density at radius 1 is 1.26 bits per heavy atom. The van der Waals surface area contributed by atoms with Gasteiger partial charge >= 0.3 is 6.09 Å². The van der Waals surface area contributed by atoms with Gasteiger partial charge in [0, 0.05) is 0 Å². The maximum atomic E-state index is 11.5. The third kappa shape index (κ3) is 4.04. The number of anilines is 1. The summed E-state index contributed by atoms with van der Waals surface area (Å²) in [5.74, 6) is 0.240. The minimum absolute atomic E-state index is 0.180. The summed E-state index contributed by atoms with van der Waals surface area (Å²) in [6, 6.07) is 9.35. The minimum atomic E-state index is -0.617. The lowest BCUT2D eigenvalue weighted by Crippen LogP contribution is -2.15. The summed E-state index contributed by atoms with van der Waals surface area (Å²) in [6.07, 6.45) is 2.18. The maximum absolute atomic E-state index is 11.5. The molecule has 2 rings (SSSR count). The molecule has 6 nitrogen and oxygen atoms in total. The zero-order valence-electron chi connectivity index (χ0n) is 10.1. The van der Waals surface area contributed by atoms with Crippen LogP contribution >= 0.6 is 0 Å². The number of hydrogen-bond acceptors (Lipinski definition) is 5. The van der Waals surface area contributed by atoms with Crippen molar-refractivity contribution >= 4 is 11.9 Å². The number of hydrogen-bond donors (Lipinski definition) is 2. The highest BCUT2D eigenvalue weighted by atomic mass is 16.5. The first-order valence-corrected chi connectivity index (χ1v) is 5.67. The molecule has 0 aliphatic heterocycles. The van der Waals surface area contributed by atoms with Crippen LogP contribution in [0.3, 0.4) is 0 Å². The predicted octanol–water partition coefficient (Wildman–Crippen LogP) is 1.72. The number of aliphatic hydroxyl groups excluding tert-OH is 1.